The Morgan fingerprint density at radius 2 is 1.96 bits per heavy atom. The van der Waals surface area contributed by atoms with Gasteiger partial charge in [0, 0.05) is 43.6 Å². The van der Waals surface area contributed by atoms with Crippen LogP contribution in [0, 0.1) is 5.82 Å². The average Bonchev–Trinajstić information content (AvgIpc) is 2.56. The highest BCUT2D eigenvalue weighted by molar-refractivity contribution is 6.04. The van der Waals surface area contributed by atoms with Gasteiger partial charge in [-0.3, -0.25) is 4.79 Å². The minimum atomic E-state index is -0.348. The van der Waals surface area contributed by atoms with Crippen LogP contribution in [-0.4, -0.2) is 41.8 Å². The van der Waals surface area contributed by atoms with E-state index in [0.29, 0.717) is 29.9 Å². The number of nitrogens with one attached hydrogen (secondary N) is 1. The van der Waals surface area contributed by atoms with E-state index in [2.05, 4.69) is 15.4 Å². The van der Waals surface area contributed by atoms with Crippen molar-refractivity contribution in [3.63, 3.8) is 0 Å². The number of benzene rings is 1. The number of hydrogen-bond acceptors (Lipinski definition) is 4. The van der Waals surface area contributed by atoms with Crippen LogP contribution in [0.3, 0.4) is 0 Å². The molecule has 1 saturated carbocycles. The summed E-state index contributed by atoms with van der Waals surface area (Å²) < 4.78 is 20.4. The van der Waals surface area contributed by atoms with E-state index in [1.54, 1.807) is 12.1 Å². The van der Waals surface area contributed by atoms with E-state index in [1.807, 2.05) is 0 Å². The summed E-state index contributed by atoms with van der Waals surface area (Å²) in [4.78, 5) is 13.7. The van der Waals surface area contributed by atoms with Gasteiger partial charge >= 0.3 is 0 Å². The van der Waals surface area contributed by atoms with Crippen molar-refractivity contribution in [3.8, 4) is 5.75 Å². The van der Waals surface area contributed by atoms with Crippen molar-refractivity contribution >= 4 is 11.6 Å². The van der Waals surface area contributed by atoms with Gasteiger partial charge in [-0.2, -0.15) is 5.10 Å². The Morgan fingerprint density at radius 3 is 2.56 bits per heavy atom. The monoisotopic (exact) mass is 345 g/mol. The molecule has 5 nitrogen and oxygen atoms in total. The predicted molar refractivity (Wildman–Crippen MR) is 93.2 cm³/mol. The summed E-state index contributed by atoms with van der Waals surface area (Å²) in [7, 11) is 0. The largest absolute Gasteiger partial charge is 0.490 e. The third kappa shape index (κ3) is 3.68. The van der Waals surface area contributed by atoms with Crippen LogP contribution in [0.15, 0.2) is 23.3 Å². The van der Waals surface area contributed by atoms with Gasteiger partial charge in [0.25, 0.3) is 0 Å². The summed E-state index contributed by atoms with van der Waals surface area (Å²) in [6.07, 6.45) is 7.00. The van der Waals surface area contributed by atoms with E-state index in [4.69, 9.17) is 4.74 Å². The molecule has 1 saturated heterocycles. The Kier molecular flexibility index (Phi) is 4.70. The van der Waals surface area contributed by atoms with Crippen LogP contribution in [0.4, 0.5) is 4.39 Å². The second kappa shape index (κ2) is 7.12. The minimum Gasteiger partial charge on any atom is -0.490 e. The van der Waals surface area contributed by atoms with E-state index < -0.39 is 0 Å². The first-order valence-corrected chi connectivity index (χ1v) is 9.25. The molecule has 0 spiro atoms. The number of rotatable bonds is 4. The molecule has 0 radical (unpaired) electrons. The van der Waals surface area contributed by atoms with E-state index in [9.17, 15) is 9.18 Å². The Labute approximate surface area is 147 Å². The van der Waals surface area contributed by atoms with E-state index in [1.165, 1.54) is 25.3 Å². The van der Waals surface area contributed by atoms with Gasteiger partial charge in [0.15, 0.2) is 0 Å². The summed E-state index contributed by atoms with van der Waals surface area (Å²) in [5, 5.41) is 3.96. The quantitative estimate of drug-likeness (QED) is 0.913. The third-order valence-electron chi connectivity index (χ3n) is 5.53. The van der Waals surface area contributed by atoms with E-state index in [0.717, 1.165) is 32.0 Å². The van der Waals surface area contributed by atoms with Crippen molar-refractivity contribution in [1.82, 2.24) is 10.3 Å². The molecular weight excluding hydrogens is 321 g/mol. The summed E-state index contributed by atoms with van der Waals surface area (Å²) >= 11 is 0. The second-order valence-electron chi connectivity index (χ2n) is 7.17. The first kappa shape index (κ1) is 16.5. The molecule has 3 aliphatic rings. The van der Waals surface area contributed by atoms with Crippen LogP contribution < -0.4 is 10.2 Å². The summed E-state index contributed by atoms with van der Waals surface area (Å²) in [5.74, 6) is 0.0976. The first-order valence-electron chi connectivity index (χ1n) is 9.25. The zero-order valence-electron chi connectivity index (χ0n) is 14.3. The molecular formula is C19H24FN3O2. The van der Waals surface area contributed by atoms with Gasteiger partial charge in [0.2, 0.25) is 5.91 Å². The van der Waals surface area contributed by atoms with Gasteiger partial charge < -0.3 is 9.64 Å². The number of carbonyl (C=O) groups is 1. The number of halogens is 1. The lowest BCUT2D eigenvalue weighted by molar-refractivity contribution is -0.121. The van der Waals surface area contributed by atoms with E-state index in [-0.39, 0.29) is 17.8 Å². The van der Waals surface area contributed by atoms with Crippen LogP contribution in [0.2, 0.25) is 0 Å². The molecule has 1 aromatic carbocycles. The van der Waals surface area contributed by atoms with Crippen molar-refractivity contribution in [3.05, 3.63) is 29.6 Å². The zero-order valence-corrected chi connectivity index (χ0v) is 14.3. The van der Waals surface area contributed by atoms with Crippen LogP contribution in [0.25, 0.3) is 0 Å². The normalized spacial score (nSPS) is 22.9. The van der Waals surface area contributed by atoms with Crippen LogP contribution >= 0.6 is 0 Å². The van der Waals surface area contributed by atoms with Crippen molar-refractivity contribution in [2.24, 2.45) is 5.10 Å². The molecule has 2 fully saturated rings. The number of amides is 1. The molecule has 134 valence electrons. The summed E-state index contributed by atoms with van der Waals surface area (Å²) in [5.41, 5.74) is 3.43. The number of carbonyl (C=O) groups excluding carboxylic acids is 1. The highest BCUT2D eigenvalue weighted by atomic mass is 19.1. The molecule has 0 aromatic heterocycles. The highest BCUT2D eigenvalue weighted by Gasteiger charge is 2.29. The molecule has 0 bridgehead atoms. The molecule has 4 rings (SSSR count). The molecule has 25 heavy (non-hydrogen) atoms. The fourth-order valence-corrected chi connectivity index (χ4v) is 3.77. The minimum absolute atomic E-state index is 0.127. The van der Waals surface area contributed by atoms with Gasteiger partial charge in [-0.1, -0.05) is 6.42 Å². The lowest BCUT2D eigenvalue weighted by Crippen LogP contribution is -2.46. The molecule has 2 heterocycles. The van der Waals surface area contributed by atoms with Gasteiger partial charge in [0.05, 0.1) is 5.71 Å². The molecule has 6 heteroatoms. The van der Waals surface area contributed by atoms with Crippen LogP contribution in [0.1, 0.15) is 50.5 Å². The van der Waals surface area contributed by atoms with Crippen molar-refractivity contribution in [1.29, 1.82) is 0 Å². The van der Waals surface area contributed by atoms with Gasteiger partial charge in [-0.05, 0) is 37.8 Å². The summed E-state index contributed by atoms with van der Waals surface area (Å²) in [6.45, 7) is 2.15. The highest BCUT2D eigenvalue weighted by Crippen LogP contribution is 2.29. The lowest BCUT2D eigenvalue weighted by atomic mass is 9.90. The van der Waals surface area contributed by atoms with Gasteiger partial charge in [-0.15, -0.1) is 0 Å². The molecule has 1 aromatic rings. The van der Waals surface area contributed by atoms with Crippen LogP contribution in [0.5, 0.6) is 5.75 Å². The second-order valence-corrected chi connectivity index (χ2v) is 7.17. The molecule has 1 N–H and O–H groups in total. The predicted octanol–water partition coefficient (Wildman–Crippen LogP) is 2.84. The Hall–Kier alpha value is -1.95. The number of piperidine rings is 1. The first-order chi connectivity index (χ1) is 12.2. The average molecular weight is 345 g/mol. The number of hydrogen-bond donors (Lipinski definition) is 1. The standard InChI is InChI=1S/C19H24FN3O2/c20-17-12-15(4-5-16(17)18-6-7-19(24)22-21-18)25-14-8-10-23(11-9-14)13-2-1-3-13/h4-5,12-14H,1-3,6-11H2,(H,22,24). The topological polar surface area (TPSA) is 53.9 Å². The molecule has 1 amide bonds. The number of likely N-dealkylation sites (tertiary alicyclic amines) is 1. The summed E-state index contributed by atoms with van der Waals surface area (Å²) in [6, 6.07) is 5.72. The van der Waals surface area contributed by atoms with E-state index >= 15 is 0 Å². The van der Waals surface area contributed by atoms with Crippen molar-refractivity contribution in [2.75, 3.05) is 13.1 Å². The smallest absolute Gasteiger partial charge is 0.240 e. The maximum absolute atomic E-state index is 14.4. The Bertz CT molecular complexity index is 679. The Morgan fingerprint density at radius 1 is 1.16 bits per heavy atom. The SMILES string of the molecule is O=C1CCC(c2ccc(OC3CCN(C4CCC4)CC3)cc2F)=NN1. The van der Waals surface area contributed by atoms with Gasteiger partial charge in [-0.25, -0.2) is 9.82 Å². The molecule has 0 unspecified atom stereocenters. The Balaban J connectivity index is 1.35. The molecule has 1 aliphatic carbocycles. The number of ether oxygens (including phenoxy) is 1. The number of hydrazone groups is 1. The van der Waals surface area contributed by atoms with Crippen molar-refractivity contribution in [2.45, 2.75) is 57.1 Å². The van der Waals surface area contributed by atoms with Gasteiger partial charge in [0.1, 0.15) is 17.7 Å². The third-order valence-corrected chi connectivity index (χ3v) is 5.53. The maximum Gasteiger partial charge on any atom is 0.240 e. The van der Waals surface area contributed by atoms with Crippen molar-refractivity contribution < 1.29 is 13.9 Å². The maximum atomic E-state index is 14.4. The molecule has 0 atom stereocenters. The zero-order chi connectivity index (χ0) is 17.2. The molecule has 2 aliphatic heterocycles. The lowest BCUT2D eigenvalue weighted by Gasteiger charge is -2.41. The number of nitrogens with zero attached hydrogens (tertiary/aromatic N) is 2. The van der Waals surface area contributed by atoms with Crippen LogP contribution in [-0.2, 0) is 4.79 Å². The fraction of sp³-hybridized carbons (Fsp3) is 0.579. The fourth-order valence-electron chi connectivity index (χ4n) is 3.77.